The highest BCUT2D eigenvalue weighted by Crippen LogP contribution is 2.39. The normalized spacial score (nSPS) is 30.7. The van der Waals surface area contributed by atoms with Crippen molar-refractivity contribution in [2.75, 3.05) is 11.9 Å². The molecule has 0 aromatic heterocycles. The van der Waals surface area contributed by atoms with Gasteiger partial charge >= 0.3 is 0 Å². The number of hydrogen-bond acceptors (Lipinski definition) is 1. The SMILES string of the molecule is CC1OCCC1(CBr)Cc1ccccc1. The van der Waals surface area contributed by atoms with Gasteiger partial charge in [-0.15, -0.1) is 0 Å². The van der Waals surface area contributed by atoms with E-state index in [9.17, 15) is 0 Å². The second kappa shape index (κ2) is 4.67. The summed E-state index contributed by atoms with van der Waals surface area (Å²) < 4.78 is 5.70. The lowest BCUT2D eigenvalue weighted by atomic mass is 9.78. The predicted octanol–water partition coefficient (Wildman–Crippen LogP) is 3.42. The number of alkyl halides is 1. The molecule has 82 valence electrons. The third-order valence-electron chi connectivity index (χ3n) is 3.50. The molecular weight excluding hydrogens is 252 g/mol. The molecule has 2 heteroatoms. The Labute approximate surface area is 100.0 Å². The van der Waals surface area contributed by atoms with Crippen molar-refractivity contribution in [2.24, 2.45) is 5.41 Å². The zero-order chi connectivity index (χ0) is 10.7. The summed E-state index contributed by atoms with van der Waals surface area (Å²) in [5.41, 5.74) is 1.70. The number of benzene rings is 1. The summed E-state index contributed by atoms with van der Waals surface area (Å²) in [7, 11) is 0. The Bertz CT molecular complexity index is 312. The first-order chi connectivity index (χ1) is 7.27. The summed E-state index contributed by atoms with van der Waals surface area (Å²) in [5, 5.41) is 1.02. The molecule has 0 radical (unpaired) electrons. The molecule has 2 rings (SSSR count). The van der Waals surface area contributed by atoms with Gasteiger partial charge in [0.25, 0.3) is 0 Å². The predicted molar refractivity (Wildman–Crippen MR) is 66.4 cm³/mol. The summed E-state index contributed by atoms with van der Waals surface area (Å²) in [6, 6.07) is 10.7. The van der Waals surface area contributed by atoms with E-state index >= 15 is 0 Å². The van der Waals surface area contributed by atoms with Crippen LogP contribution in [0.3, 0.4) is 0 Å². The summed E-state index contributed by atoms with van der Waals surface area (Å²) >= 11 is 3.65. The largest absolute Gasteiger partial charge is 0.378 e. The Morgan fingerprint density at radius 1 is 1.40 bits per heavy atom. The van der Waals surface area contributed by atoms with Gasteiger partial charge in [-0.1, -0.05) is 46.3 Å². The van der Waals surface area contributed by atoms with Gasteiger partial charge in [0.05, 0.1) is 6.10 Å². The van der Waals surface area contributed by atoms with E-state index in [1.165, 1.54) is 5.56 Å². The van der Waals surface area contributed by atoms with Crippen LogP contribution in [0.2, 0.25) is 0 Å². The summed E-state index contributed by atoms with van der Waals surface area (Å²) in [6.07, 6.45) is 2.63. The topological polar surface area (TPSA) is 9.23 Å². The van der Waals surface area contributed by atoms with Crippen LogP contribution in [-0.2, 0) is 11.2 Å². The summed E-state index contributed by atoms with van der Waals surface area (Å²) in [4.78, 5) is 0. The van der Waals surface area contributed by atoms with Crippen LogP contribution < -0.4 is 0 Å². The van der Waals surface area contributed by atoms with Gasteiger partial charge in [-0.3, -0.25) is 0 Å². The molecule has 15 heavy (non-hydrogen) atoms. The smallest absolute Gasteiger partial charge is 0.0615 e. The van der Waals surface area contributed by atoms with Gasteiger partial charge in [-0.2, -0.15) is 0 Å². The average molecular weight is 269 g/mol. The fourth-order valence-electron chi connectivity index (χ4n) is 2.28. The molecule has 2 atom stereocenters. The maximum absolute atomic E-state index is 5.70. The standard InChI is InChI=1S/C13H17BrO/c1-11-13(10-14,7-8-15-11)9-12-5-3-2-4-6-12/h2-6,11H,7-10H2,1H3. The van der Waals surface area contributed by atoms with Crippen LogP contribution >= 0.6 is 15.9 Å². The molecule has 0 aliphatic carbocycles. The third-order valence-corrected chi connectivity index (χ3v) is 4.61. The molecule has 1 aliphatic rings. The van der Waals surface area contributed by atoms with Gasteiger partial charge in [-0.25, -0.2) is 0 Å². The molecule has 1 nitrogen and oxygen atoms in total. The van der Waals surface area contributed by atoms with Crippen LogP contribution in [0.15, 0.2) is 30.3 Å². The molecular formula is C13H17BrO. The van der Waals surface area contributed by atoms with Crippen molar-refractivity contribution in [2.45, 2.75) is 25.9 Å². The van der Waals surface area contributed by atoms with Gasteiger partial charge in [-0.05, 0) is 25.3 Å². The van der Waals surface area contributed by atoms with Crippen molar-refractivity contribution in [1.82, 2.24) is 0 Å². The zero-order valence-corrected chi connectivity index (χ0v) is 10.7. The van der Waals surface area contributed by atoms with Crippen LogP contribution in [0.4, 0.5) is 0 Å². The first-order valence-corrected chi connectivity index (χ1v) is 6.60. The monoisotopic (exact) mass is 268 g/mol. The van der Waals surface area contributed by atoms with Gasteiger partial charge in [0.1, 0.15) is 0 Å². The Morgan fingerprint density at radius 3 is 2.67 bits per heavy atom. The van der Waals surface area contributed by atoms with E-state index in [4.69, 9.17) is 4.74 Å². The maximum Gasteiger partial charge on any atom is 0.0615 e. The zero-order valence-electron chi connectivity index (χ0n) is 9.08. The highest BCUT2D eigenvalue weighted by Gasteiger charge is 2.40. The van der Waals surface area contributed by atoms with Crippen LogP contribution in [-0.4, -0.2) is 18.0 Å². The highest BCUT2D eigenvalue weighted by molar-refractivity contribution is 9.09. The average Bonchev–Trinajstić information content (AvgIpc) is 2.62. The number of halogens is 1. The first kappa shape index (κ1) is 11.2. The van der Waals surface area contributed by atoms with Gasteiger partial charge in [0.15, 0.2) is 0 Å². The first-order valence-electron chi connectivity index (χ1n) is 5.48. The molecule has 1 aromatic carbocycles. The minimum absolute atomic E-state index is 0.293. The van der Waals surface area contributed by atoms with E-state index in [0.717, 1.165) is 24.8 Å². The molecule has 1 heterocycles. The quantitative estimate of drug-likeness (QED) is 0.764. The lowest BCUT2D eigenvalue weighted by Crippen LogP contribution is -2.32. The van der Waals surface area contributed by atoms with Crippen LogP contribution in [0, 0.1) is 5.41 Å². The van der Waals surface area contributed by atoms with E-state index < -0.39 is 0 Å². The van der Waals surface area contributed by atoms with Crippen molar-refractivity contribution in [3.8, 4) is 0 Å². The minimum atomic E-state index is 0.293. The Kier molecular flexibility index (Phi) is 3.47. The Balaban J connectivity index is 2.15. The van der Waals surface area contributed by atoms with Crippen LogP contribution in [0.25, 0.3) is 0 Å². The molecule has 0 amide bonds. The molecule has 0 N–H and O–H groups in total. The second-order valence-electron chi connectivity index (χ2n) is 4.42. The van der Waals surface area contributed by atoms with Gasteiger partial charge in [0.2, 0.25) is 0 Å². The highest BCUT2D eigenvalue weighted by atomic mass is 79.9. The lowest BCUT2D eigenvalue weighted by molar-refractivity contribution is 0.0746. The molecule has 2 unspecified atom stereocenters. The molecule has 1 aromatic rings. The molecule has 1 saturated heterocycles. The van der Waals surface area contributed by atoms with E-state index in [0.29, 0.717) is 11.5 Å². The van der Waals surface area contributed by atoms with Crippen LogP contribution in [0.1, 0.15) is 18.9 Å². The second-order valence-corrected chi connectivity index (χ2v) is 4.98. The Hall–Kier alpha value is -0.340. The minimum Gasteiger partial charge on any atom is -0.378 e. The van der Waals surface area contributed by atoms with E-state index in [1.807, 2.05) is 0 Å². The molecule has 1 fully saturated rings. The summed E-state index contributed by atoms with van der Waals surface area (Å²) in [5.74, 6) is 0. The lowest BCUT2D eigenvalue weighted by Gasteiger charge is -2.30. The number of rotatable bonds is 3. The molecule has 1 aliphatic heterocycles. The van der Waals surface area contributed by atoms with Gasteiger partial charge < -0.3 is 4.74 Å². The number of ether oxygens (including phenoxy) is 1. The van der Waals surface area contributed by atoms with E-state index in [2.05, 4.69) is 53.2 Å². The molecule has 0 bridgehead atoms. The van der Waals surface area contributed by atoms with Crippen molar-refractivity contribution in [3.05, 3.63) is 35.9 Å². The molecule has 0 saturated carbocycles. The Morgan fingerprint density at radius 2 is 2.13 bits per heavy atom. The summed E-state index contributed by atoms with van der Waals surface area (Å²) in [6.45, 7) is 3.09. The van der Waals surface area contributed by atoms with E-state index in [1.54, 1.807) is 0 Å². The van der Waals surface area contributed by atoms with Crippen molar-refractivity contribution in [1.29, 1.82) is 0 Å². The van der Waals surface area contributed by atoms with Crippen LogP contribution in [0.5, 0.6) is 0 Å². The number of hydrogen-bond donors (Lipinski definition) is 0. The van der Waals surface area contributed by atoms with E-state index in [-0.39, 0.29) is 0 Å². The van der Waals surface area contributed by atoms with Crippen molar-refractivity contribution >= 4 is 15.9 Å². The van der Waals surface area contributed by atoms with Crippen molar-refractivity contribution < 1.29 is 4.74 Å². The molecule has 0 spiro atoms. The third kappa shape index (κ3) is 2.26. The fraction of sp³-hybridized carbons (Fsp3) is 0.538. The van der Waals surface area contributed by atoms with Gasteiger partial charge in [0, 0.05) is 17.4 Å². The van der Waals surface area contributed by atoms with Crippen molar-refractivity contribution in [3.63, 3.8) is 0 Å². The maximum atomic E-state index is 5.70. The fourth-order valence-corrected chi connectivity index (χ4v) is 3.21.